The van der Waals surface area contributed by atoms with Crippen molar-refractivity contribution in [3.05, 3.63) is 35.1 Å². The highest BCUT2D eigenvalue weighted by molar-refractivity contribution is 6.12. The maximum atomic E-state index is 13.1. The van der Waals surface area contributed by atoms with Crippen molar-refractivity contribution >= 4 is 11.8 Å². The van der Waals surface area contributed by atoms with Gasteiger partial charge in [-0.15, -0.1) is 0 Å². The summed E-state index contributed by atoms with van der Waals surface area (Å²) in [6.07, 6.45) is 0.223. The van der Waals surface area contributed by atoms with E-state index >= 15 is 0 Å². The fourth-order valence-corrected chi connectivity index (χ4v) is 2.04. The van der Waals surface area contributed by atoms with E-state index in [0.717, 1.165) is 0 Å². The van der Waals surface area contributed by atoms with Crippen LogP contribution >= 0.6 is 0 Å². The molecule has 1 aliphatic carbocycles. The maximum Gasteiger partial charge on any atom is 0.317 e. The lowest BCUT2D eigenvalue weighted by atomic mass is 10.1. The summed E-state index contributed by atoms with van der Waals surface area (Å²) in [7, 11) is 0. The van der Waals surface area contributed by atoms with Gasteiger partial charge in [-0.25, -0.2) is 4.39 Å². The molecule has 0 amide bonds. The summed E-state index contributed by atoms with van der Waals surface area (Å²) in [5, 5.41) is 0. The van der Waals surface area contributed by atoms with Crippen molar-refractivity contribution < 1.29 is 18.7 Å². The molecule has 3 nitrogen and oxygen atoms in total. The Morgan fingerprint density at radius 2 is 2.06 bits per heavy atom. The van der Waals surface area contributed by atoms with E-state index in [9.17, 15) is 14.0 Å². The van der Waals surface area contributed by atoms with Crippen molar-refractivity contribution in [2.75, 3.05) is 0 Å². The Balaban J connectivity index is 2.21. The van der Waals surface area contributed by atoms with Crippen LogP contribution in [0, 0.1) is 11.7 Å². The van der Waals surface area contributed by atoms with Gasteiger partial charge in [-0.2, -0.15) is 0 Å². The molecule has 1 aromatic carbocycles. The molecule has 0 bridgehead atoms. The van der Waals surface area contributed by atoms with Gasteiger partial charge in [0, 0.05) is 5.56 Å². The molecule has 1 atom stereocenters. The fraction of sp³-hybridized carbons (Fsp3) is 0.429. The summed E-state index contributed by atoms with van der Waals surface area (Å²) in [6.45, 7) is 5.24. The molecule has 1 aliphatic rings. The van der Waals surface area contributed by atoms with E-state index < -0.39 is 23.3 Å². The largest absolute Gasteiger partial charge is 0.459 e. The zero-order chi connectivity index (χ0) is 13.5. The molecular weight excluding hydrogens is 235 g/mol. The van der Waals surface area contributed by atoms with Gasteiger partial charge in [-0.05, 0) is 51.0 Å². The number of rotatable bonds is 1. The Morgan fingerprint density at radius 1 is 1.39 bits per heavy atom. The molecule has 0 saturated carbocycles. The summed E-state index contributed by atoms with van der Waals surface area (Å²) >= 11 is 0. The van der Waals surface area contributed by atoms with E-state index in [1.54, 1.807) is 20.8 Å². The Kier molecular flexibility index (Phi) is 2.97. The first-order valence-corrected chi connectivity index (χ1v) is 5.83. The van der Waals surface area contributed by atoms with Gasteiger partial charge >= 0.3 is 5.97 Å². The van der Waals surface area contributed by atoms with Gasteiger partial charge in [0.1, 0.15) is 17.3 Å². The van der Waals surface area contributed by atoms with Crippen molar-refractivity contribution in [2.45, 2.75) is 32.8 Å². The van der Waals surface area contributed by atoms with Crippen molar-refractivity contribution in [3.8, 4) is 0 Å². The number of benzene rings is 1. The number of hydrogen-bond donors (Lipinski definition) is 0. The number of esters is 1. The highest BCUT2D eigenvalue weighted by atomic mass is 19.1. The van der Waals surface area contributed by atoms with Crippen LogP contribution in [-0.4, -0.2) is 17.4 Å². The van der Waals surface area contributed by atoms with Crippen LogP contribution in [0.25, 0.3) is 0 Å². The number of carbonyl (C=O) groups is 2. The number of ether oxygens (including phenoxy) is 1. The number of hydrogen-bond acceptors (Lipinski definition) is 3. The Bertz CT molecular complexity index is 514. The average Bonchev–Trinajstić information content (AvgIpc) is 2.53. The fourth-order valence-electron chi connectivity index (χ4n) is 2.04. The Hall–Kier alpha value is -1.71. The van der Waals surface area contributed by atoms with Gasteiger partial charge in [0.15, 0.2) is 5.78 Å². The molecule has 0 N–H and O–H groups in total. The Morgan fingerprint density at radius 3 is 2.67 bits per heavy atom. The third kappa shape index (κ3) is 2.42. The molecule has 0 fully saturated rings. The summed E-state index contributed by atoms with van der Waals surface area (Å²) in [5.74, 6) is -2.05. The lowest BCUT2D eigenvalue weighted by molar-refractivity contribution is -0.157. The second-order valence-electron chi connectivity index (χ2n) is 5.46. The first kappa shape index (κ1) is 12.7. The van der Waals surface area contributed by atoms with Crippen LogP contribution in [0.3, 0.4) is 0 Å². The minimum Gasteiger partial charge on any atom is -0.459 e. The van der Waals surface area contributed by atoms with Gasteiger partial charge in [0.25, 0.3) is 0 Å². The normalized spacial score (nSPS) is 18.7. The summed E-state index contributed by atoms with van der Waals surface area (Å²) in [4.78, 5) is 23.9. The highest BCUT2D eigenvalue weighted by Crippen LogP contribution is 2.29. The molecule has 1 unspecified atom stereocenters. The molecule has 0 heterocycles. The average molecular weight is 250 g/mol. The first-order valence-electron chi connectivity index (χ1n) is 5.83. The van der Waals surface area contributed by atoms with E-state index in [-0.39, 0.29) is 12.2 Å². The van der Waals surface area contributed by atoms with Gasteiger partial charge in [-0.3, -0.25) is 9.59 Å². The number of carbonyl (C=O) groups excluding carboxylic acids is 2. The molecule has 4 heteroatoms. The van der Waals surface area contributed by atoms with E-state index in [2.05, 4.69) is 0 Å². The molecule has 1 aromatic rings. The van der Waals surface area contributed by atoms with Crippen LogP contribution in [0.1, 0.15) is 36.7 Å². The van der Waals surface area contributed by atoms with Gasteiger partial charge in [0.2, 0.25) is 0 Å². The second-order valence-corrected chi connectivity index (χ2v) is 5.46. The number of ketones is 1. The zero-order valence-corrected chi connectivity index (χ0v) is 10.6. The lowest BCUT2D eigenvalue weighted by Crippen LogP contribution is -2.31. The first-order chi connectivity index (χ1) is 8.28. The molecule has 0 spiro atoms. The molecule has 0 radical (unpaired) electrons. The van der Waals surface area contributed by atoms with Crippen LogP contribution in [0.5, 0.6) is 0 Å². The molecule has 2 rings (SSSR count). The lowest BCUT2D eigenvalue weighted by Gasteiger charge is -2.21. The van der Waals surface area contributed by atoms with Crippen molar-refractivity contribution in [1.82, 2.24) is 0 Å². The van der Waals surface area contributed by atoms with Crippen molar-refractivity contribution in [2.24, 2.45) is 5.92 Å². The zero-order valence-electron chi connectivity index (χ0n) is 10.6. The van der Waals surface area contributed by atoms with E-state index in [1.807, 2.05) is 0 Å². The van der Waals surface area contributed by atoms with E-state index in [0.29, 0.717) is 11.1 Å². The summed E-state index contributed by atoms with van der Waals surface area (Å²) < 4.78 is 18.3. The van der Waals surface area contributed by atoms with Crippen LogP contribution in [0.15, 0.2) is 18.2 Å². The molecule has 96 valence electrons. The maximum absolute atomic E-state index is 13.1. The van der Waals surface area contributed by atoms with E-state index in [1.165, 1.54) is 18.2 Å². The Labute approximate surface area is 105 Å². The highest BCUT2D eigenvalue weighted by Gasteiger charge is 2.38. The predicted octanol–water partition coefficient (Wildman–Crippen LogP) is 2.52. The van der Waals surface area contributed by atoms with Crippen LogP contribution < -0.4 is 0 Å². The molecule has 0 aliphatic heterocycles. The van der Waals surface area contributed by atoms with Crippen molar-refractivity contribution in [3.63, 3.8) is 0 Å². The van der Waals surface area contributed by atoms with Crippen LogP contribution in [0.4, 0.5) is 4.39 Å². The van der Waals surface area contributed by atoms with Crippen LogP contribution in [0.2, 0.25) is 0 Å². The number of fused-ring (bicyclic) bond motifs is 1. The smallest absolute Gasteiger partial charge is 0.317 e. The second kappa shape index (κ2) is 4.19. The summed E-state index contributed by atoms with van der Waals surface area (Å²) in [5.41, 5.74) is 0.375. The van der Waals surface area contributed by atoms with Gasteiger partial charge in [-0.1, -0.05) is 0 Å². The summed E-state index contributed by atoms with van der Waals surface area (Å²) in [6, 6.07) is 3.96. The molecule has 0 saturated heterocycles. The SMILES string of the molecule is CC(C)(C)OC(=O)C1Cc2cc(F)ccc2C1=O. The van der Waals surface area contributed by atoms with E-state index in [4.69, 9.17) is 4.74 Å². The number of Topliss-reactive ketones (excluding diaryl/α,β-unsaturated/α-hetero) is 1. The van der Waals surface area contributed by atoms with Gasteiger partial charge in [0.05, 0.1) is 0 Å². The quantitative estimate of drug-likeness (QED) is 0.568. The molecule has 18 heavy (non-hydrogen) atoms. The molecule has 0 aromatic heterocycles. The third-order valence-electron chi connectivity index (χ3n) is 2.76. The minimum absolute atomic E-state index is 0.223. The van der Waals surface area contributed by atoms with Crippen molar-refractivity contribution in [1.29, 1.82) is 0 Å². The predicted molar refractivity (Wildman–Crippen MR) is 63.8 cm³/mol. The number of halogens is 1. The van der Waals surface area contributed by atoms with Gasteiger partial charge < -0.3 is 4.74 Å². The topological polar surface area (TPSA) is 43.4 Å². The minimum atomic E-state index is -0.832. The van der Waals surface area contributed by atoms with Crippen LogP contribution in [-0.2, 0) is 16.0 Å². The monoisotopic (exact) mass is 250 g/mol. The molecular formula is C14H15FO3. The standard InChI is InChI=1S/C14H15FO3/c1-14(2,3)18-13(17)11-7-8-6-9(15)4-5-10(8)12(11)16/h4-6,11H,7H2,1-3H3. The third-order valence-corrected chi connectivity index (χ3v) is 2.76.